The maximum atomic E-state index is 13.7. The van der Waals surface area contributed by atoms with E-state index in [9.17, 15) is 14.0 Å². The third kappa shape index (κ3) is 8.78. The molecule has 40 heavy (non-hydrogen) atoms. The molecule has 7 heteroatoms. The lowest BCUT2D eigenvalue weighted by atomic mass is 9.96. The standard InChI is InChI=1S/C33H34FN3O2S/c1-40-21-17-31(32(38)23-26-6-3-2-4-7-26)36-33(39)30-22-27(8-5-19-37-20-18-35-24-37)10-14-28(30)13-9-25-11-15-29(34)16-12-25/h2-8,10-12,14-16,18,20,22,24,31H,9,13,17,19,21,23H2,1H3,(H,36,39)/b8-5-/t31-/m0/s1. The molecule has 1 amide bonds. The number of carbonyl (C=O) groups excluding carboxylic acids is 2. The van der Waals surface area contributed by atoms with E-state index in [0.29, 0.717) is 31.4 Å². The third-order valence-corrected chi connectivity index (χ3v) is 7.33. The van der Waals surface area contributed by atoms with E-state index in [1.54, 1.807) is 36.4 Å². The number of nitrogens with one attached hydrogen (secondary N) is 1. The highest BCUT2D eigenvalue weighted by atomic mass is 32.2. The molecule has 0 saturated heterocycles. The van der Waals surface area contributed by atoms with Crippen molar-refractivity contribution in [1.82, 2.24) is 14.9 Å². The molecule has 0 bridgehead atoms. The number of imidazole rings is 1. The van der Waals surface area contributed by atoms with Crippen molar-refractivity contribution in [2.45, 2.75) is 38.3 Å². The predicted octanol–water partition coefficient (Wildman–Crippen LogP) is 6.18. The number of ketones is 1. The number of hydrogen-bond donors (Lipinski definition) is 1. The van der Waals surface area contributed by atoms with Crippen LogP contribution >= 0.6 is 11.8 Å². The Labute approximate surface area is 239 Å². The van der Waals surface area contributed by atoms with Crippen molar-refractivity contribution in [3.05, 3.63) is 131 Å². The Morgan fingerprint density at radius 3 is 2.55 bits per heavy atom. The number of Topliss-reactive ketones (excluding diaryl/α,β-unsaturated/α-hetero) is 1. The summed E-state index contributed by atoms with van der Waals surface area (Å²) >= 11 is 1.65. The van der Waals surface area contributed by atoms with Gasteiger partial charge in [0.1, 0.15) is 5.82 Å². The van der Waals surface area contributed by atoms with Gasteiger partial charge in [0.25, 0.3) is 5.91 Å². The zero-order valence-electron chi connectivity index (χ0n) is 22.6. The summed E-state index contributed by atoms with van der Waals surface area (Å²) in [6.07, 6.45) is 13.5. The highest BCUT2D eigenvalue weighted by molar-refractivity contribution is 7.98. The molecule has 0 aliphatic heterocycles. The number of halogens is 1. The predicted molar refractivity (Wildman–Crippen MR) is 161 cm³/mol. The Balaban J connectivity index is 1.55. The van der Waals surface area contributed by atoms with E-state index >= 15 is 0 Å². The van der Waals surface area contributed by atoms with E-state index in [-0.39, 0.29) is 23.9 Å². The number of aromatic nitrogens is 2. The molecule has 0 unspecified atom stereocenters. The monoisotopic (exact) mass is 555 g/mol. The summed E-state index contributed by atoms with van der Waals surface area (Å²) in [4.78, 5) is 31.0. The summed E-state index contributed by atoms with van der Waals surface area (Å²) < 4.78 is 15.3. The van der Waals surface area contributed by atoms with Crippen LogP contribution in [0.3, 0.4) is 0 Å². The fraction of sp³-hybridized carbons (Fsp3) is 0.242. The van der Waals surface area contributed by atoms with Gasteiger partial charge < -0.3 is 9.88 Å². The molecule has 1 atom stereocenters. The Bertz CT molecular complexity index is 1400. The highest BCUT2D eigenvalue weighted by Gasteiger charge is 2.23. The van der Waals surface area contributed by atoms with Gasteiger partial charge in [-0.15, -0.1) is 0 Å². The van der Waals surface area contributed by atoms with E-state index in [2.05, 4.69) is 10.3 Å². The van der Waals surface area contributed by atoms with Crippen LogP contribution in [0.4, 0.5) is 4.39 Å². The Morgan fingerprint density at radius 1 is 1.02 bits per heavy atom. The van der Waals surface area contributed by atoms with Crippen LogP contribution in [-0.2, 0) is 30.6 Å². The largest absolute Gasteiger partial charge is 0.342 e. The average Bonchev–Trinajstić information content (AvgIpc) is 3.49. The maximum Gasteiger partial charge on any atom is 0.252 e. The molecule has 0 fully saturated rings. The summed E-state index contributed by atoms with van der Waals surface area (Å²) in [6, 6.07) is 21.3. The molecule has 0 aliphatic carbocycles. The van der Waals surface area contributed by atoms with Crippen molar-refractivity contribution in [2.24, 2.45) is 0 Å². The molecule has 3 aromatic carbocycles. The Hall–Kier alpha value is -3.97. The highest BCUT2D eigenvalue weighted by Crippen LogP contribution is 2.18. The quantitative estimate of drug-likeness (QED) is 0.202. The minimum atomic E-state index is -0.578. The van der Waals surface area contributed by atoms with Gasteiger partial charge in [-0.3, -0.25) is 9.59 Å². The van der Waals surface area contributed by atoms with Crippen molar-refractivity contribution >= 4 is 29.5 Å². The van der Waals surface area contributed by atoms with Crippen molar-refractivity contribution in [2.75, 3.05) is 12.0 Å². The van der Waals surface area contributed by atoms with E-state index in [0.717, 1.165) is 28.0 Å². The number of nitrogens with zero attached hydrogens (tertiary/aromatic N) is 2. The first kappa shape index (κ1) is 29.0. The second kappa shape index (κ2) is 15.0. The van der Waals surface area contributed by atoms with Gasteiger partial charge in [0.2, 0.25) is 0 Å². The van der Waals surface area contributed by atoms with Crippen LogP contribution in [0.25, 0.3) is 6.08 Å². The molecule has 0 radical (unpaired) electrons. The molecule has 0 aliphatic rings. The molecule has 1 heterocycles. The van der Waals surface area contributed by atoms with Crippen LogP contribution < -0.4 is 5.32 Å². The van der Waals surface area contributed by atoms with Crippen molar-refractivity contribution in [3.63, 3.8) is 0 Å². The van der Waals surface area contributed by atoms with Crippen LogP contribution in [-0.4, -0.2) is 39.3 Å². The fourth-order valence-corrected chi connectivity index (χ4v) is 4.94. The van der Waals surface area contributed by atoms with Crippen LogP contribution in [0.5, 0.6) is 0 Å². The number of hydrogen-bond acceptors (Lipinski definition) is 4. The summed E-state index contributed by atoms with van der Waals surface area (Å²) in [5, 5.41) is 3.05. The first-order valence-electron chi connectivity index (χ1n) is 13.4. The topological polar surface area (TPSA) is 64.0 Å². The second-order valence-corrected chi connectivity index (χ2v) is 10.6. The minimum Gasteiger partial charge on any atom is -0.342 e. The molecule has 1 aromatic heterocycles. The lowest BCUT2D eigenvalue weighted by molar-refractivity contribution is -0.120. The molecule has 0 saturated carbocycles. The summed E-state index contributed by atoms with van der Waals surface area (Å²) in [6.45, 7) is 0.665. The minimum absolute atomic E-state index is 0.00200. The number of benzene rings is 3. The summed E-state index contributed by atoms with van der Waals surface area (Å²) in [7, 11) is 0. The molecule has 5 nitrogen and oxygen atoms in total. The number of aryl methyl sites for hydroxylation is 2. The van der Waals surface area contributed by atoms with Gasteiger partial charge in [0.15, 0.2) is 5.78 Å². The molecule has 4 aromatic rings. The van der Waals surface area contributed by atoms with Gasteiger partial charge >= 0.3 is 0 Å². The number of thioether (sulfide) groups is 1. The average molecular weight is 556 g/mol. The number of amides is 1. The first-order chi connectivity index (χ1) is 19.5. The van der Waals surface area contributed by atoms with Gasteiger partial charge in [-0.1, -0.05) is 66.7 Å². The lowest BCUT2D eigenvalue weighted by Crippen LogP contribution is -2.42. The molecule has 4 rings (SSSR count). The Kier molecular flexibility index (Phi) is 10.9. The molecular weight excluding hydrogens is 521 g/mol. The van der Waals surface area contributed by atoms with Gasteiger partial charge in [0, 0.05) is 30.9 Å². The molecular formula is C33H34FN3O2S. The van der Waals surface area contributed by atoms with Gasteiger partial charge in [-0.05, 0) is 71.7 Å². The molecule has 1 N–H and O–H groups in total. The van der Waals surface area contributed by atoms with Crippen molar-refractivity contribution < 1.29 is 14.0 Å². The van der Waals surface area contributed by atoms with E-state index in [4.69, 9.17) is 0 Å². The van der Waals surface area contributed by atoms with Crippen molar-refractivity contribution in [1.29, 1.82) is 0 Å². The Morgan fingerprint density at radius 2 is 1.82 bits per heavy atom. The third-order valence-electron chi connectivity index (χ3n) is 6.69. The number of carbonyl (C=O) groups is 2. The summed E-state index contributed by atoms with van der Waals surface area (Å²) in [5.41, 5.74) is 4.25. The van der Waals surface area contributed by atoms with Crippen molar-refractivity contribution in [3.8, 4) is 0 Å². The fourth-order valence-electron chi connectivity index (χ4n) is 4.47. The zero-order chi connectivity index (χ0) is 28.2. The number of rotatable bonds is 14. The van der Waals surface area contributed by atoms with Crippen LogP contribution in [0.2, 0.25) is 0 Å². The van der Waals surface area contributed by atoms with Gasteiger partial charge in [0.05, 0.1) is 12.4 Å². The maximum absolute atomic E-state index is 13.7. The van der Waals surface area contributed by atoms with E-state index < -0.39 is 6.04 Å². The molecule has 0 spiro atoms. The van der Waals surface area contributed by atoms with Gasteiger partial charge in [-0.25, -0.2) is 9.37 Å². The van der Waals surface area contributed by atoms with E-state index in [1.807, 2.05) is 77.7 Å². The van der Waals surface area contributed by atoms with Crippen LogP contribution in [0.15, 0.2) is 97.6 Å². The lowest BCUT2D eigenvalue weighted by Gasteiger charge is -2.19. The normalized spacial score (nSPS) is 11.9. The van der Waals surface area contributed by atoms with Crippen LogP contribution in [0, 0.1) is 5.82 Å². The SMILES string of the molecule is CSCC[C@H](NC(=O)c1cc(/C=C\Cn2ccnc2)ccc1CCc1ccc(F)cc1)C(=O)Cc1ccccc1. The smallest absolute Gasteiger partial charge is 0.252 e. The second-order valence-electron chi connectivity index (χ2n) is 9.64. The zero-order valence-corrected chi connectivity index (χ0v) is 23.4. The van der Waals surface area contributed by atoms with E-state index in [1.165, 1.54) is 12.1 Å². The number of allylic oxidation sites excluding steroid dienone is 1. The molecule has 206 valence electrons. The first-order valence-corrected chi connectivity index (χ1v) is 14.8. The summed E-state index contributed by atoms with van der Waals surface area (Å²) in [5.74, 6) is 0.233. The van der Waals surface area contributed by atoms with Gasteiger partial charge in [-0.2, -0.15) is 11.8 Å². The van der Waals surface area contributed by atoms with Crippen LogP contribution in [0.1, 0.15) is 39.0 Å².